The van der Waals surface area contributed by atoms with Crippen LogP contribution in [0.1, 0.15) is 11.6 Å². The maximum absolute atomic E-state index is 10.9. The SMILES string of the molecule is CS(=O)(=O)C[C@@H](N)c1ccsc1. The van der Waals surface area contributed by atoms with E-state index < -0.39 is 9.84 Å². The molecule has 0 aliphatic heterocycles. The van der Waals surface area contributed by atoms with Crippen LogP contribution in [0.25, 0.3) is 0 Å². The minimum absolute atomic E-state index is 0.0176. The Labute approximate surface area is 76.1 Å². The average molecular weight is 205 g/mol. The van der Waals surface area contributed by atoms with Crippen LogP contribution in [0.3, 0.4) is 0 Å². The summed E-state index contributed by atoms with van der Waals surface area (Å²) < 4.78 is 21.7. The lowest BCUT2D eigenvalue weighted by molar-refractivity contribution is 0.595. The third kappa shape index (κ3) is 2.92. The number of hydrogen-bond donors (Lipinski definition) is 1. The molecule has 0 unspecified atom stereocenters. The zero-order valence-electron chi connectivity index (χ0n) is 6.73. The Hall–Kier alpha value is -0.390. The standard InChI is InChI=1S/C7H11NO2S2/c1-12(9,10)5-7(8)6-2-3-11-4-6/h2-4,7H,5,8H2,1H3/t7-/m1/s1. The van der Waals surface area contributed by atoms with Crippen LogP contribution >= 0.6 is 11.3 Å². The lowest BCUT2D eigenvalue weighted by Gasteiger charge is -2.06. The fourth-order valence-corrected chi connectivity index (χ4v) is 2.48. The Balaban J connectivity index is 2.68. The predicted molar refractivity (Wildman–Crippen MR) is 51.0 cm³/mol. The topological polar surface area (TPSA) is 60.2 Å². The molecule has 1 aromatic heterocycles. The lowest BCUT2D eigenvalue weighted by atomic mass is 10.2. The van der Waals surface area contributed by atoms with E-state index in [2.05, 4.69) is 0 Å². The second-order valence-corrected chi connectivity index (χ2v) is 5.72. The van der Waals surface area contributed by atoms with E-state index in [4.69, 9.17) is 5.73 Å². The third-order valence-corrected chi connectivity index (χ3v) is 3.12. The first kappa shape index (κ1) is 9.70. The van der Waals surface area contributed by atoms with E-state index in [9.17, 15) is 8.42 Å². The normalized spacial score (nSPS) is 14.5. The first-order chi connectivity index (χ1) is 5.49. The van der Waals surface area contributed by atoms with Crippen LogP contribution in [0, 0.1) is 0 Å². The molecule has 0 spiro atoms. The minimum atomic E-state index is -2.97. The molecule has 0 amide bonds. The summed E-state index contributed by atoms with van der Waals surface area (Å²) in [6.07, 6.45) is 1.19. The van der Waals surface area contributed by atoms with E-state index >= 15 is 0 Å². The Bertz CT molecular complexity index is 328. The van der Waals surface area contributed by atoms with Crippen LogP contribution in [-0.4, -0.2) is 20.4 Å². The molecule has 1 aromatic rings. The summed E-state index contributed by atoms with van der Waals surface area (Å²) in [5.74, 6) is 0.0176. The molecule has 0 saturated heterocycles. The van der Waals surface area contributed by atoms with Gasteiger partial charge in [0.1, 0.15) is 9.84 Å². The highest BCUT2D eigenvalue weighted by atomic mass is 32.2. The highest BCUT2D eigenvalue weighted by Crippen LogP contribution is 2.15. The molecule has 1 heterocycles. The average Bonchev–Trinajstić information content (AvgIpc) is 2.32. The molecular formula is C7H11NO2S2. The molecule has 12 heavy (non-hydrogen) atoms. The van der Waals surface area contributed by atoms with Gasteiger partial charge in [0.25, 0.3) is 0 Å². The second-order valence-electron chi connectivity index (χ2n) is 2.76. The first-order valence-corrected chi connectivity index (χ1v) is 6.45. The van der Waals surface area contributed by atoms with Gasteiger partial charge in [0, 0.05) is 12.3 Å². The van der Waals surface area contributed by atoms with Gasteiger partial charge in [-0.2, -0.15) is 11.3 Å². The fourth-order valence-electron chi connectivity index (χ4n) is 0.908. The summed E-state index contributed by atoms with van der Waals surface area (Å²) in [5.41, 5.74) is 6.55. The van der Waals surface area contributed by atoms with E-state index in [0.29, 0.717) is 0 Å². The van der Waals surface area contributed by atoms with E-state index in [-0.39, 0.29) is 11.8 Å². The van der Waals surface area contributed by atoms with Gasteiger partial charge in [-0.25, -0.2) is 8.42 Å². The van der Waals surface area contributed by atoms with Gasteiger partial charge in [-0.1, -0.05) is 0 Å². The quantitative estimate of drug-likeness (QED) is 0.793. The van der Waals surface area contributed by atoms with E-state index in [1.807, 2.05) is 16.8 Å². The van der Waals surface area contributed by atoms with Crippen molar-refractivity contribution in [2.24, 2.45) is 5.73 Å². The molecule has 0 fully saturated rings. The van der Waals surface area contributed by atoms with Crippen LogP contribution in [0.15, 0.2) is 16.8 Å². The van der Waals surface area contributed by atoms with Crippen LogP contribution in [0.5, 0.6) is 0 Å². The van der Waals surface area contributed by atoms with Crippen molar-refractivity contribution in [1.82, 2.24) is 0 Å². The number of rotatable bonds is 3. The molecule has 0 radical (unpaired) electrons. The summed E-state index contributed by atoms with van der Waals surface area (Å²) in [7, 11) is -2.97. The molecule has 1 rings (SSSR count). The molecule has 0 aliphatic rings. The highest BCUT2D eigenvalue weighted by Gasteiger charge is 2.12. The van der Waals surface area contributed by atoms with Gasteiger partial charge >= 0.3 is 0 Å². The number of hydrogen-bond acceptors (Lipinski definition) is 4. The summed E-state index contributed by atoms with van der Waals surface area (Å²) in [5, 5.41) is 3.76. The van der Waals surface area contributed by atoms with Crippen molar-refractivity contribution >= 4 is 21.2 Å². The number of thiophene rings is 1. The Kier molecular flexibility index (Phi) is 2.87. The van der Waals surface area contributed by atoms with E-state index in [0.717, 1.165) is 5.56 Å². The van der Waals surface area contributed by atoms with Gasteiger partial charge in [0.15, 0.2) is 0 Å². The van der Waals surface area contributed by atoms with Crippen LogP contribution in [0.4, 0.5) is 0 Å². The molecule has 0 aliphatic carbocycles. The predicted octanol–water partition coefficient (Wildman–Crippen LogP) is 0.792. The van der Waals surface area contributed by atoms with Crippen molar-refractivity contribution in [1.29, 1.82) is 0 Å². The van der Waals surface area contributed by atoms with E-state index in [1.54, 1.807) is 0 Å². The third-order valence-electron chi connectivity index (χ3n) is 1.45. The Morgan fingerprint density at radius 3 is 2.75 bits per heavy atom. The molecule has 2 N–H and O–H groups in total. The summed E-state index contributed by atoms with van der Waals surface area (Å²) in [4.78, 5) is 0. The minimum Gasteiger partial charge on any atom is -0.323 e. The maximum atomic E-state index is 10.9. The summed E-state index contributed by atoms with van der Waals surface area (Å²) >= 11 is 1.52. The zero-order valence-corrected chi connectivity index (χ0v) is 8.36. The van der Waals surface area contributed by atoms with Gasteiger partial charge in [-0.3, -0.25) is 0 Å². The van der Waals surface area contributed by atoms with Crippen LogP contribution in [0.2, 0.25) is 0 Å². The lowest BCUT2D eigenvalue weighted by Crippen LogP contribution is -2.20. The highest BCUT2D eigenvalue weighted by molar-refractivity contribution is 7.90. The molecule has 3 nitrogen and oxygen atoms in total. The smallest absolute Gasteiger partial charge is 0.149 e. The largest absolute Gasteiger partial charge is 0.323 e. The van der Waals surface area contributed by atoms with Gasteiger partial charge in [-0.05, 0) is 22.4 Å². The maximum Gasteiger partial charge on any atom is 0.149 e. The molecule has 68 valence electrons. The molecule has 5 heteroatoms. The zero-order chi connectivity index (χ0) is 9.19. The van der Waals surface area contributed by atoms with Gasteiger partial charge < -0.3 is 5.73 Å². The summed E-state index contributed by atoms with van der Waals surface area (Å²) in [6, 6.07) is 1.46. The molecule has 0 aromatic carbocycles. The van der Waals surface area contributed by atoms with Crippen molar-refractivity contribution in [2.75, 3.05) is 12.0 Å². The van der Waals surface area contributed by atoms with Gasteiger partial charge in [-0.15, -0.1) is 0 Å². The molecule has 0 bridgehead atoms. The summed E-state index contributed by atoms with van der Waals surface area (Å²) in [6.45, 7) is 0. The second kappa shape index (κ2) is 3.55. The van der Waals surface area contributed by atoms with Crippen molar-refractivity contribution in [3.63, 3.8) is 0 Å². The number of nitrogens with two attached hydrogens (primary N) is 1. The van der Waals surface area contributed by atoms with Crippen molar-refractivity contribution < 1.29 is 8.42 Å². The van der Waals surface area contributed by atoms with Crippen molar-refractivity contribution in [2.45, 2.75) is 6.04 Å². The van der Waals surface area contributed by atoms with Crippen molar-refractivity contribution in [3.8, 4) is 0 Å². The van der Waals surface area contributed by atoms with Gasteiger partial charge in [0.05, 0.1) is 5.75 Å². The molecule has 0 saturated carbocycles. The Morgan fingerprint density at radius 1 is 1.67 bits per heavy atom. The monoisotopic (exact) mass is 205 g/mol. The first-order valence-electron chi connectivity index (χ1n) is 3.44. The fraction of sp³-hybridized carbons (Fsp3) is 0.429. The van der Waals surface area contributed by atoms with E-state index in [1.165, 1.54) is 17.6 Å². The van der Waals surface area contributed by atoms with Crippen LogP contribution in [-0.2, 0) is 9.84 Å². The molecule has 1 atom stereocenters. The number of sulfone groups is 1. The van der Waals surface area contributed by atoms with Crippen LogP contribution < -0.4 is 5.73 Å². The molecular weight excluding hydrogens is 194 g/mol. The van der Waals surface area contributed by atoms with Gasteiger partial charge in [0.2, 0.25) is 0 Å². The van der Waals surface area contributed by atoms with Crippen molar-refractivity contribution in [3.05, 3.63) is 22.4 Å². The Morgan fingerprint density at radius 2 is 2.33 bits per heavy atom.